The number of nitrogens with zero attached hydrogens (tertiary/aromatic N) is 2. The fourth-order valence-corrected chi connectivity index (χ4v) is 3.22. The highest BCUT2D eigenvalue weighted by Crippen LogP contribution is 2.29. The second-order valence-corrected chi connectivity index (χ2v) is 6.67. The fourth-order valence-electron chi connectivity index (χ4n) is 3.10. The van der Waals surface area contributed by atoms with Gasteiger partial charge in [-0.1, -0.05) is 66.2 Å². The van der Waals surface area contributed by atoms with E-state index in [-0.39, 0.29) is 5.91 Å². The SMILES string of the molecule is O=C(C=Cc1ccccc1)N=C1c2ccccc2CN1c1ccc(Cl)cc1. The van der Waals surface area contributed by atoms with Crippen molar-refractivity contribution in [1.29, 1.82) is 0 Å². The molecule has 0 saturated heterocycles. The van der Waals surface area contributed by atoms with Gasteiger partial charge in [0.1, 0.15) is 5.84 Å². The van der Waals surface area contributed by atoms with Crippen LogP contribution in [0.1, 0.15) is 16.7 Å². The number of rotatable bonds is 3. The van der Waals surface area contributed by atoms with Crippen LogP contribution in [0.2, 0.25) is 5.02 Å². The van der Waals surface area contributed by atoms with Crippen molar-refractivity contribution in [2.45, 2.75) is 6.54 Å². The van der Waals surface area contributed by atoms with Gasteiger partial charge in [0, 0.05) is 22.3 Å². The Kier molecular flexibility index (Phi) is 4.86. The highest BCUT2D eigenvalue weighted by atomic mass is 35.5. The van der Waals surface area contributed by atoms with Gasteiger partial charge >= 0.3 is 0 Å². The quantitative estimate of drug-likeness (QED) is 0.581. The molecule has 1 aliphatic rings. The minimum Gasteiger partial charge on any atom is -0.321 e. The summed E-state index contributed by atoms with van der Waals surface area (Å²) in [4.78, 5) is 18.9. The van der Waals surface area contributed by atoms with Gasteiger partial charge in [0.05, 0.1) is 6.54 Å². The lowest BCUT2D eigenvalue weighted by Crippen LogP contribution is -2.25. The Bertz CT molecular complexity index is 1020. The summed E-state index contributed by atoms with van der Waals surface area (Å²) in [7, 11) is 0. The number of amidine groups is 1. The second-order valence-electron chi connectivity index (χ2n) is 6.24. The zero-order chi connectivity index (χ0) is 18.6. The van der Waals surface area contributed by atoms with E-state index in [0.717, 1.165) is 22.4 Å². The molecule has 3 aromatic rings. The Balaban J connectivity index is 1.67. The summed E-state index contributed by atoms with van der Waals surface area (Å²) in [5.74, 6) is 0.375. The molecule has 132 valence electrons. The van der Waals surface area contributed by atoms with Crippen LogP contribution in [0.15, 0.2) is 89.9 Å². The van der Waals surface area contributed by atoms with Gasteiger partial charge in [-0.3, -0.25) is 4.79 Å². The van der Waals surface area contributed by atoms with Gasteiger partial charge in [0.2, 0.25) is 0 Å². The van der Waals surface area contributed by atoms with Gasteiger partial charge in [0.25, 0.3) is 5.91 Å². The second kappa shape index (κ2) is 7.60. The molecule has 0 unspecified atom stereocenters. The average molecular weight is 373 g/mol. The smallest absolute Gasteiger partial charge is 0.271 e. The van der Waals surface area contributed by atoms with E-state index in [4.69, 9.17) is 11.6 Å². The van der Waals surface area contributed by atoms with E-state index < -0.39 is 0 Å². The molecule has 0 radical (unpaired) electrons. The van der Waals surface area contributed by atoms with Crippen molar-refractivity contribution >= 4 is 35.1 Å². The minimum absolute atomic E-state index is 0.287. The lowest BCUT2D eigenvalue weighted by Gasteiger charge is -2.19. The van der Waals surface area contributed by atoms with Crippen LogP contribution in [0.4, 0.5) is 5.69 Å². The van der Waals surface area contributed by atoms with Crippen molar-refractivity contribution in [2.75, 3.05) is 4.90 Å². The highest BCUT2D eigenvalue weighted by Gasteiger charge is 2.26. The molecule has 0 saturated carbocycles. The van der Waals surface area contributed by atoms with Gasteiger partial charge in [-0.2, -0.15) is 4.99 Å². The number of carbonyl (C=O) groups is 1. The number of benzene rings is 3. The third kappa shape index (κ3) is 3.83. The molecule has 0 aromatic heterocycles. The largest absolute Gasteiger partial charge is 0.321 e. The lowest BCUT2D eigenvalue weighted by atomic mass is 10.1. The van der Waals surface area contributed by atoms with E-state index >= 15 is 0 Å². The number of hydrogen-bond donors (Lipinski definition) is 0. The fraction of sp³-hybridized carbons (Fsp3) is 0.0435. The summed E-state index contributed by atoms with van der Waals surface area (Å²) in [5, 5.41) is 0.677. The predicted molar refractivity (Wildman–Crippen MR) is 111 cm³/mol. The molecule has 4 heteroatoms. The summed E-state index contributed by atoms with van der Waals surface area (Å²) in [5.41, 5.74) is 4.04. The van der Waals surface area contributed by atoms with E-state index in [9.17, 15) is 4.79 Å². The van der Waals surface area contributed by atoms with Crippen molar-refractivity contribution < 1.29 is 4.79 Å². The van der Waals surface area contributed by atoms with Crippen molar-refractivity contribution in [2.24, 2.45) is 4.99 Å². The van der Waals surface area contributed by atoms with Crippen molar-refractivity contribution in [3.8, 4) is 0 Å². The maximum Gasteiger partial charge on any atom is 0.271 e. The number of fused-ring (bicyclic) bond motifs is 1. The monoisotopic (exact) mass is 372 g/mol. The molecule has 1 amide bonds. The molecular weight excluding hydrogens is 356 g/mol. The standard InChI is InChI=1S/C23H17ClN2O/c24-19-11-13-20(14-12-19)26-16-18-8-4-5-9-21(18)23(26)25-22(27)15-10-17-6-2-1-3-7-17/h1-15H,16H2. The topological polar surface area (TPSA) is 32.7 Å². The molecule has 3 aromatic carbocycles. The summed E-state index contributed by atoms with van der Waals surface area (Å²) >= 11 is 6.02. The molecule has 27 heavy (non-hydrogen) atoms. The predicted octanol–water partition coefficient (Wildman–Crippen LogP) is 5.35. The number of carbonyl (C=O) groups excluding carboxylic acids is 1. The number of amides is 1. The van der Waals surface area contributed by atoms with Gasteiger partial charge in [0.15, 0.2) is 0 Å². The molecule has 3 nitrogen and oxygen atoms in total. The van der Waals surface area contributed by atoms with Crippen molar-refractivity contribution in [3.05, 3.63) is 107 Å². The first kappa shape index (κ1) is 17.3. The Morgan fingerprint density at radius 1 is 0.926 bits per heavy atom. The van der Waals surface area contributed by atoms with Crippen LogP contribution in [0.25, 0.3) is 6.08 Å². The van der Waals surface area contributed by atoms with E-state index in [0.29, 0.717) is 17.4 Å². The Morgan fingerprint density at radius 3 is 2.41 bits per heavy atom. The van der Waals surface area contributed by atoms with Crippen LogP contribution in [-0.4, -0.2) is 11.7 Å². The normalized spacial score (nSPS) is 14.7. The molecule has 0 atom stereocenters. The zero-order valence-electron chi connectivity index (χ0n) is 14.5. The first-order valence-electron chi connectivity index (χ1n) is 8.68. The Labute approximate surface area is 163 Å². The summed E-state index contributed by atoms with van der Waals surface area (Å²) < 4.78 is 0. The van der Waals surface area contributed by atoms with Gasteiger partial charge in [-0.05, 0) is 41.5 Å². The third-order valence-electron chi connectivity index (χ3n) is 4.41. The first-order chi connectivity index (χ1) is 13.2. The lowest BCUT2D eigenvalue weighted by molar-refractivity contribution is -0.113. The van der Waals surface area contributed by atoms with Crippen molar-refractivity contribution in [3.63, 3.8) is 0 Å². The number of hydrogen-bond acceptors (Lipinski definition) is 1. The molecule has 1 aliphatic heterocycles. The molecule has 1 heterocycles. The molecule has 0 aliphatic carbocycles. The van der Waals surface area contributed by atoms with Crippen LogP contribution in [0, 0.1) is 0 Å². The first-order valence-corrected chi connectivity index (χ1v) is 9.06. The van der Waals surface area contributed by atoms with Gasteiger partial charge < -0.3 is 4.90 Å². The highest BCUT2D eigenvalue weighted by molar-refractivity contribution is 6.30. The van der Waals surface area contributed by atoms with Gasteiger partial charge in [-0.15, -0.1) is 0 Å². The summed E-state index contributed by atoms with van der Waals surface area (Å²) in [6, 6.07) is 25.3. The summed E-state index contributed by atoms with van der Waals surface area (Å²) in [6.07, 6.45) is 3.28. The molecule has 4 rings (SSSR count). The molecular formula is C23H17ClN2O. The minimum atomic E-state index is -0.287. The third-order valence-corrected chi connectivity index (χ3v) is 4.67. The molecule has 0 N–H and O–H groups in total. The van der Waals surface area contributed by atoms with Crippen LogP contribution >= 0.6 is 11.6 Å². The number of aliphatic imine (C=N–C) groups is 1. The number of halogens is 1. The van der Waals surface area contributed by atoms with Crippen LogP contribution in [0.5, 0.6) is 0 Å². The molecule has 0 spiro atoms. The van der Waals surface area contributed by atoms with E-state index in [1.54, 1.807) is 6.08 Å². The molecule has 0 fully saturated rings. The van der Waals surface area contributed by atoms with Gasteiger partial charge in [-0.25, -0.2) is 0 Å². The molecule has 0 bridgehead atoms. The zero-order valence-corrected chi connectivity index (χ0v) is 15.3. The maximum atomic E-state index is 12.5. The maximum absolute atomic E-state index is 12.5. The van der Waals surface area contributed by atoms with Crippen LogP contribution in [0.3, 0.4) is 0 Å². The van der Waals surface area contributed by atoms with Crippen LogP contribution in [-0.2, 0) is 11.3 Å². The van der Waals surface area contributed by atoms with E-state index in [2.05, 4.69) is 11.1 Å². The Hall–Kier alpha value is -3.17. The van der Waals surface area contributed by atoms with Crippen molar-refractivity contribution in [1.82, 2.24) is 0 Å². The average Bonchev–Trinajstić information content (AvgIpc) is 3.06. The van der Waals surface area contributed by atoms with E-state index in [1.165, 1.54) is 6.08 Å². The van der Waals surface area contributed by atoms with E-state index in [1.807, 2.05) is 77.7 Å². The van der Waals surface area contributed by atoms with Crippen LogP contribution < -0.4 is 4.90 Å². The summed E-state index contributed by atoms with van der Waals surface area (Å²) in [6.45, 7) is 0.673. The Morgan fingerprint density at radius 2 is 1.63 bits per heavy atom. The number of anilines is 1.